The van der Waals surface area contributed by atoms with Crippen LogP contribution in [0.4, 0.5) is 0 Å². The zero-order valence-electron chi connectivity index (χ0n) is 18.5. The van der Waals surface area contributed by atoms with Gasteiger partial charge in [0.25, 0.3) is 0 Å². The molecular weight excluding hydrogens is 426 g/mol. The second-order valence-electron chi connectivity index (χ2n) is 7.74. The number of nitrogens with one attached hydrogen (secondary N) is 1. The van der Waals surface area contributed by atoms with Crippen LogP contribution in [-0.2, 0) is 4.74 Å². The summed E-state index contributed by atoms with van der Waals surface area (Å²) in [5.74, 6) is -0.354. The Hall–Kier alpha value is -4.58. The lowest BCUT2D eigenvalue weighted by Crippen LogP contribution is -2.04. The molecule has 0 unspecified atom stereocenters. The van der Waals surface area contributed by atoms with E-state index in [9.17, 15) is 9.59 Å². The maximum atomic E-state index is 12.6. The molecule has 0 bridgehead atoms. The van der Waals surface area contributed by atoms with E-state index in [2.05, 4.69) is 10.2 Å². The fourth-order valence-electron chi connectivity index (χ4n) is 3.81. The lowest BCUT2D eigenvalue weighted by Gasteiger charge is -2.05. The number of ether oxygens (including phenoxy) is 1. The molecule has 6 nitrogen and oxygen atoms in total. The first-order chi connectivity index (χ1) is 16.6. The molecule has 0 saturated carbocycles. The predicted molar refractivity (Wildman–Crippen MR) is 131 cm³/mol. The van der Waals surface area contributed by atoms with Crippen LogP contribution in [0.3, 0.4) is 0 Å². The van der Waals surface area contributed by atoms with E-state index < -0.39 is 0 Å². The van der Waals surface area contributed by atoms with E-state index in [4.69, 9.17) is 9.72 Å². The Morgan fingerprint density at radius 3 is 2.12 bits per heavy atom. The summed E-state index contributed by atoms with van der Waals surface area (Å²) >= 11 is 0. The van der Waals surface area contributed by atoms with E-state index in [0.717, 1.165) is 27.9 Å². The lowest BCUT2D eigenvalue weighted by molar-refractivity contribution is 0.0526. The number of benzene rings is 3. The minimum absolute atomic E-state index is 0.0125. The van der Waals surface area contributed by atoms with Crippen molar-refractivity contribution in [2.75, 3.05) is 6.61 Å². The van der Waals surface area contributed by atoms with Gasteiger partial charge < -0.3 is 4.74 Å². The Morgan fingerprint density at radius 1 is 0.765 bits per heavy atom. The van der Waals surface area contributed by atoms with Crippen molar-refractivity contribution >= 4 is 22.8 Å². The summed E-state index contributed by atoms with van der Waals surface area (Å²) in [7, 11) is 0. The maximum Gasteiger partial charge on any atom is 0.338 e. The van der Waals surface area contributed by atoms with Crippen LogP contribution < -0.4 is 0 Å². The first-order valence-corrected chi connectivity index (χ1v) is 11.0. The molecule has 0 radical (unpaired) electrons. The normalized spacial score (nSPS) is 10.9. The molecule has 166 valence electrons. The first kappa shape index (κ1) is 21.3. The summed E-state index contributed by atoms with van der Waals surface area (Å²) in [5.41, 5.74) is 5.77. The molecule has 2 aromatic heterocycles. The summed E-state index contributed by atoms with van der Waals surface area (Å²) in [6.07, 6.45) is 0. The third-order valence-corrected chi connectivity index (χ3v) is 5.58. The van der Waals surface area contributed by atoms with Gasteiger partial charge >= 0.3 is 5.97 Å². The quantitative estimate of drug-likeness (QED) is 0.267. The number of hydrogen-bond donors (Lipinski definition) is 1. The van der Waals surface area contributed by atoms with Crippen molar-refractivity contribution in [2.24, 2.45) is 0 Å². The molecule has 6 heteroatoms. The SMILES string of the molecule is CCOC(=O)c1ccc(-c2[nH]nc3nc(-c4ccc(C(=O)c5ccccc5)cc4)ccc23)cc1. The average Bonchev–Trinajstić information content (AvgIpc) is 3.32. The molecule has 34 heavy (non-hydrogen) atoms. The summed E-state index contributed by atoms with van der Waals surface area (Å²) in [4.78, 5) is 29.2. The van der Waals surface area contributed by atoms with Gasteiger partial charge in [0.2, 0.25) is 0 Å². The molecule has 2 heterocycles. The topological polar surface area (TPSA) is 84.9 Å². The van der Waals surface area contributed by atoms with Crippen LogP contribution in [0.25, 0.3) is 33.5 Å². The number of carbonyl (C=O) groups excluding carboxylic acids is 2. The van der Waals surface area contributed by atoms with Crippen LogP contribution in [0, 0.1) is 0 Å². The highest BCUT2D eigenvalue weighted by atomic mass is 16.5. The zero-order chi connectivity index (χ0) is 23.5. The highest BCUT2D eigenvalue weighted by Crippen LogP contribution is 2.28. The van der Waals surface area contributed by atoms with Crippen LogP contribution in [-0.4, -0.2) is 33.5 Å². The monoisotopic (exact) mass is 447 g/mol. The van der Waals surface area contributed by atoms with Gasteiger partial charge in [0.15, 0.2) is 11.4 Å². The van der Waals surface area contributed by atoms with Crippen molar-refractivity contribution in [3.05, 3.63) is 108 Å². The van der Waals surface area contributed by atoms with Crippen molar-refractivity contribution < 1.29 is 14.3 Å². The fraction of sp³-hybridized carbons (Fsp3) is 0.0714. The van der Waals surface area contributed by atoms with Crippen molar-refractivity contribution in [3.8, 4) is 22.5 Å². The van der Waals surface area contributed by atoms with Crippen LogP contribution >= 0.6 is 0 Å². The summed E-state index contributed by atoms with van der Waals surface area (Å²) in [6.45, 7) is 2.12. The Morgan fingerprint density at radius 2 is 1.41 bits per heavy atom. The van der Waals surface area contributed by atoms with Gasteiger partial charge in [-0.3, -0.25) is 9.89 Å². The molecule has 5 aromatic rings. The first-order valence-electron chi connectivity index (χ1n) is 11.0. The van der Waals surface area contributed by atoms with Crippen molar-refractivity contribution in [2.45, 2.75) is 6.92 Å². The van der Waals surface area contributed by atoms with Gasteiger partial charge in [-0.05, 0) is 31.2 Å². The minimum atomic E-state index is -0.341. The number of ketones is 1. The van der Waals surface area contributed by atoms with Gasteiger partial charge in [0.05, 0.1) is 23.6 Å². The van der Waals surface area contributed by atoms with Crippen LogP contribution in [0.15, 0.2) is 91.0 Å². The summed E-state index contributed by atoms with van der Waals surface area (Å²) < 4.78 is 5.04. The van der Waals surface area contributed by atoms with Gasteiger partial charge in [0.1, 0.15) is 0 Å². The molecule has 0 aliphatic rings. The second-order valence-corrected chi connectivity index (χ2v) is 7.74. The maximum absolute atomic E-state index is 12.6. The van der Waals surface area contributed by atoms with Crippen LogP contribution in [0.2, 0.25) is 0 Å². The zero-order valence-corrected chi connectivity index (χ0v) is 18.5. The predicted octanol–water partition coefficient (Wildman–Crippen LogP) is 5.70. The van der Waals surface area contributed by atoms with Crippen LogP contribution in [0.5, 0.6) is 0 Å². The summed E-state index contributed by atoms with van der Waals surface area (Å²) in [6, 6.07) is 27.7. The molecule has 0 atom stereocenters. The number of carbonyl (C=O) groups is 2. The van der Waals surface area contributed by atoms with Gasteiger partial charge in [-0.15, -0.1) is 0 Å². The Balaban J connectivity index is 1.39. The number of H-pyrrole nitrogens is 1. The number of rotatable bonds is 6. The molecular formula is C28H21N3O3. The summed E-state index contributed by atoms with van der Waals surface area (Å²) in [5, 5.41) is 8.30. The molecule has 1 N–H and O–H groups in total. The van der Waals surface area contributed by atoms with E-state index in [1.54, 1.807) is 19.1 Å². The molecule has 0 aliphatic heterocycles. The molecule has 3 aromatic carbocycles. The number of hydrogen-bond acceptors (Lipinski definition) is 5. The average molecular weight is 447 g/mol. The van der Waals surface area contributed by atoms with Crippen molar-refractivity contribution in [1.82, 2.24) is 15.2 Å². The van der Waals surface area contributed by atoms with Gasteiger partial charge in [0, 0.05) is 27.6 Å². The molecule has 0 saturated heterocycles. The number of aromatic nitrogens is 3. The second kappa shape index (κ2) is 9.11. The highest BCUT2D eigenvalue weighted by Gasteiger charge is 2.13. The third kappa shape index (κ3) is 4.09. The number of esters is 1. The van der Waals surface area contributed by atoms with E-state index in [1.165, 1.54) is 0 Å². The van der Waals surface area contributed by atoms with E-state index in [0.29, 0.717) is 28.9 Å². The Labute approximate surface area is 196 Å². The molecule has 0 aliphatic carbocycles. The van der Waals surface area contributed by atoms with E-state index >= 15 is 0 Å². The smallest absolute Gasteiger partial charge is 0.338 e. The number of nitrogens with zero attached hydrogens (tertiary/aromatic N) is 2. The fourth-order valence-corrected chi connectivity index (χ4v) is 3.81. The van der Waals surface area contributed by atoms with E-state index in [-0.39, 0.29) is 11.8 Å². The Kier molecular flexibility index (Phi) is 5.70. The number of fused-ring (bicyclic) bond motifs is 1. The van der Waals surface area contributed by atoms with Crippen molar-refractivity contribution in [1.29, 1.82) is 0 Å². The minimum Gasteiger partial charge on any atom is -0.462 e. The van der Waals surface area contributed by atoms with Crippen molar-refractivity contribution in [3.63, 3.8) is 0 Å². The molecule has 5 rings (SSSR count). The number of pyridine rings is 1. The van der Waals surface area contributed by atoms with Gasteiger partial charge in [-0.25, -0.2) is 9.78 Å². The molecule has 0 fully saturated rings. The van der Waals surface area contributed by atoms with Crippen LogP contribution in [0.1, 0.15) is 33.2 Å². The molecule has 0 spiro atoms. The largest absolute Gasteiger partial charge is 0.462 e. The standard InChI is InChI=1S/C28H21N3O3/c1-2-34-28(33)22-14-10-19(11-15-22)25-23-16-17-24(29-27(23)31-30-25)18-8-12-21(13-9-18)26(32)20-6-4-3-5-7-20/h3-17H,2H2,1H3,(H,29,30,31). The highest BCUT2D eigenvalue weighted by molar-refractivity contribution is 6.09. The molecule has 0 amide bonds. The number of aromatic amines is 1. The van der Waals surface area contributed by atoms with Gasteiger partial charge in [-0.1, -0.05) is 66.7 Å². The Bertz CT molecular complexity index is 1470. The third-order valence-electron chi connectivity index (χ3n) is 5.58. The van der Waals surface area contributed by atoms with Gasteiger partial charge in [-0.2, -0.15) is 5.10 Å². The van der Waals surface area contributed by atoms with E-state index in [1.807, 2.05) is 78.9 Å². The lowest BCUT2D eigenvalue weighted by atomic mass is 10.0.